The molecule has 1 atom stereocenters. The Labute approximate surface area is 72.0 Å². The lowest BCUT2D eigenvalue weighted by molar-refractivity contribution is 0.276. The Balaban J connectivity index is 2.68. The Morgan fingerprint density at radius 3 is 2.33 bits per heavy atom. The normalized spacial score (nSPS) is 12.8. The number of hydrogen-bond donors (Lipinski definition) is 3. The van der Waals surface area contributed by atoms with Crippen LogP contribution in [-0.2, 0) is 0 Å². The number of nitrogen functional groups attached to an aromatic ring is 1. The van der Waals surface area contributed by atoms with Gasteiger partial charge in [0.1, 0.15) is 0 Å². The third kappa shape index (κ3) is 2.22. The van der Waals surface area contributed by atoms with Gasteiger partial charge >= 0.3 is 0 Å². The number of hydrogen-bond acceptors (Lipinski definition) is 3. The quantitative estimate of drug-likeness (QED) is 0.577. The lowest BCUT2D eigenvalue weighted by Gasteiger charge is -2.09. The van der Waals surface area contributed by atoms with Crippen LogP contribution in [0.5, 0.6) is 0 Å². The molecule has 12 heavy (non-hydrogen) atoms. The van der Waals surface area contributed by atoms with Gasteiger partial charge in [-0.25, -0.2) is 0 Å². The topological polar surface area (TPSA) is 72.3 Å². The van der Waals surface area contributed by atoms with Crippen LogP contribution in [0.2, 0.25) is 0 Å². The van der Waals surface area contributed by atoms with Gasteiger partial charge in [-0.2, -0.15) is 0 Å². The van der Waals surface area contributed by atoms with Crippen molar-refractivity contribution in [2.24, 2.45) is 5.73 Å². The predicted octanol–water partition coefficient (Wildman–Crippen LogP) is 0.651. The first-order chi connectivity index (χ1) is 5.74. The Morgan fingerprint density at radius 1 is 1.25 bits per heavy atom. The summed E-state index contributed by atoms with van der Waals surface area (Å²) in [4.78, 5) is 0. The smallest absolute Gasteiger partial charge is 0.0449 e. The average molecular weight is 166 g/mol. The summed E-state index contributed by atoms with van der Waals surface area (Å²) >= 11 is 0. The van der Waals surface area contributed by atoms with E-state index in [4.69, 9.17) is 16.6 Å². The summed E-state index contributed by atoms with van der Waals surface area (Å²) in [6.07, 6.45) is 0.587. The fourth-order valence-electron chi connectivity index (χ4n) is 1.05. The molecule has 3 heteroatoms. The van der Waals surface area contributed by atoms with Gasteiger partial charge in [0.2, 0.25) is 0 Å². The standard InChI is InChI=1S/C9H14N2O/c10-8-3-1-7(2-4-8)9(11)5-6-12/h1-4,9,12H,5-6,10-11H2/t9-/m1/s1. The van der Waals surface area contributed by atoms with E-state index in [-0.39, 0.29) is 12.6 Å². The monoisotopic (exact) mass is 166 g/mol. The first-order valence-corrected chi connectivity index (χ1v) is 3.96. The van der Waals surface area contributed by atoms with E-state index in [9.17, 15) is 0 Å². The molecule has 0 aliphatic carbocycles. The van der Waals surface area contributed by atoms with Crippen LogP contribution in [0.3, 0.4) is 0 Å². The lowest BCUT2D eigenvalue weighted by atomic mass is 10.1. The number of aliphatic hydroxyl groups is 1. The molecule has 0 spiro atoms. The summed E-state index contributed by atoms with van der Waals surface area (Å²) < 4.78 is 0. The fraction of sp³-hybridized carbons (Fsp3) is 0.333. The second kappa shape index (κ2) is 4.09. The largest absolute Gasteiger partial charge is 0.399 e. The highest BCUT2D eigenvalue weighted by Crippen LogP contribution is 2.14. The van der Waals surface area contributed by atoms with E-state index in [1.165, 1.54) is 0 Å². The molecule has 0 fully saturated rings. The molecule has 1 rings (SSSR count). The molecule has 5 N–H and O–H groups in total. The highest BCUT2D eigenvalue weighted by molar-refractivity contribution is 5.40. The minimum atomic E-state index is -0.0874. The predicted molar refractivity (Wildman–Crippen MR) is 49.5 cm³/mol. The zero-order valence-electron chi connectivity index (χ0n) is 6.90. The van der Waals surface area contributed by atoms with Crippen molar-refractivity contribution in [3.05, 3.63) is 29.8 Å². The van der Waals surface area contributed by atoms with E-state index >= 15 is 0 Å². The Morgan fingerprint density at radius 2 is 1.83 bits per heavy atom. The zero-order valence-corrected chi connectivity index (χ0v) is 6.90. The van der Waals surface area contributed by atoms with Crippen LogP contribution in [0.15, 0.2) is 24.3 Å². The maximum Gasteiger partial charge on any atom is 0.0449 e. The van der Waals surface area contributed by atoms with Gasteiger partial charge in [0.05, 0.1) is 0 Å². The van der Waals surface area contributed by atoms with Crippen molar-refractivity contribution in [3.8, 4) is 0 Å². The number of anilines is 1. The summed E-state index contributed by atoms with van der Waals surface area (Å²) in [5, 5.41) is 8.65. The van der Waals surface area contributed by atoms with Crippen LogP contribution in [0.25, 0.3) is 0 Å². The van der Waals surface area contributed by atoms with Gasteiger partial charge in [0.15, 0.2) is 0 Å². The van der Waals surface area contributed by atoms with Crippen molar-refractivity contribution in [1.29, 1.82) is 0 Å². The highest BCUT2D eigenvalue weighted by Gasteiger charge is 2.03. The first-order valence-electron chi connectivity index (χ1n) is 3.96. The lowest BCUT2D eigenvalue weighted by Crippen LogP contribution is -2.11. The van der Waals surface area contributed by atoms with Gasteiger partial charge in [-0.3, -0.25) is 0 Å². The van der Waals surface area contributed by atoms with Crippen LogP contribution in [0.4, 0.5) is 5.69 Å². The van der Waals surface area contributed by atoms with Gasteiger partial charge in [0, 0.05) is 18.3 Å². The second-order valence-electron chi connectivity index (χ2n) is 2.79. The molecule has 66 valence electrons. The minimum Gasteiger partial charge on any atom is -0.399 e. The molecule has 0 radical (unpaired) electrons. The van der Waals surface area contributed by atoms with Crippen LogP contribution < -0.4 is 11.5 Å². The van der Waals surface area contributed by atoms with Crippen molar-refractivity contribution in [2.75, 3.05) is 12.3 Å². The van der Waals surface area contributed by atoms with E-state index in [0.717, 1.165) is 11.3 Å². The third-order valence-electron chi connectivity index (χ3n) is 1.80. The number of nitrogens with two attached hydrogens (primary N) is 2. The van der Waals surface area contributed by atoms with Gasteiger partial charge in [0.25, 0.3) is 0 Å². The van der Waals surface area contributed by atoms with E-state index in [2.05, 4.69) is 0 Å². The van der Waals surface area contributed by atoms with Crippen molar-refractivity contribution in [3.63, 3.8) is 0 Å². The van der Waals surface area contributed by atoms with Crippen molar-refractivity contribution < 1.29 is 5.11 Å². The fourth-order valence-corrected chi connectivity index (χ4v) is 1.05. The molecule has 0 aliphatic heterocycles. The molecule has 0 amide bonds. The van der Waals surface area contributed by atoms with Crippen LogP contribution >= 0.6 is 0 Å². The third-order valence-corrected chi connectivity index (χ3v) is 1.80. The summed E-state index contributed by atoms with van der Waals surface area (Å²) in [6.45, 7) is 0.117. The van der Waals surface area contributed by atoms with Gasteiger partial charge in [-0.1, -0.05) is 12.1 Å². The Kier molecular flexibility index (Phi) is 3.08. The molecule has 0 saturated carbocycles. The van der Waals surface area contributed by atoms with E-state index in [1.54, 1.807) is 0 Å². The second-order valence-corrected chi connectivity index (χ2v) is 2.79. The number of aliphatic hydroxyl groups excluding tert-OH is 1. The molecule has 0 saturated heterocycles. The highest BCUT2D eigenvalue weighted by atomic mass is 16.3. The molecular weight excluding hydrogens is 152 g/mol. The average Bonchev–Trinajstić information content (AvgIpc) is 2.06. The number of benzene rings is 1. The minimum absolute atomic E-state index is 0.0874. The SMILES string of the molecule is Nc1ccc([C@H](N)CCO)cc1. The van der Waals surface area contributed by atoms with E-state index in [0.29, 0.717) is 6.42 Å². The molecule has 0 heterocycles. The summed E-state index contributed by atoms with van der Waals surface area (Å²) in [7, 11) is 0. The molecule has 1 aromatic rings. The van der Waals surface area contributed by atoms with Gasteiger partial charge in [-0.15, -0.1) is 0 Å². The van der Waals surface area contributed by atoms with Crippen LogP contribution in [0.1, 0.15) is 18.0 Å². The molecule has 0 bridgehead atoms. The van der Waals surface area contributed by atoms with Crippen molar-refractivity contribution >= 4 is 5.69 Å². The Hall–Kier alpha value is -1.06. The molecule has 0 aromatic heterocycles. The summed E-state index contributed by atoms with van der Waals surface area (Å²) in [5.41, 5.74) is 13.0. The molecule has 0 aliphatic rings. The van der Waals surface area contributed by atoms with Crippen LogP contribution in [0, 0.1) is 0 Å². The molecular formula is C9H14N2O. The maximum atomic E-state index is 8.65. The van der Waals surface area contributed by atoms with E-state index < -0.39 is 0 Å². The van der Waals surface area contributed by atoms with Gasteiger partial charge < -0.3 is 16.6 Å². The summed E-state index contributed by atoms with van der Waals surface area (Å²) in [5.74, 6) is 0. The van der Waals surface area contributed by atoms with Gasteiger partial charge in [-0.05, 0) is 24.1 Å². The molecule has 0 unspecified atom stereocenters. The summed E-state index contributed by atoms with van der Waals surface area (Å²) in [6, 6.07) is 7.31. The van der Waals surface area contributed by atoms with Crippen LogP contribution in [-0.4, -0.2) is 11.7 Å². The zero-order chi connectivity index (χ0) is 8.97. The van der Waals surface area contributed by atoms with Crippen molar-refractivity contribution in [2.45, 2.75) is 12.5 Å². The maximum absolute atomic E-state index is 8.65. The Bertz CT molecular complexity index is 233. The van der Waals surface area contributed by atoms with Crippen molar-refractivity contribution in [1.82, 2.24) is 0 Å². The number of rotatable bonds is 3. The van der Waals surface area contributed by atoms with E-state index in [1.807, 2.05) is 24.3 Å². The molecule has 3 nitrogen and oxygen atoms in total. The first kappa shape index (κ1) is 9.03. The molecule has 1 aromatic carbocycles.